The third kappa shape index (κ3) is 3.63. The summed E-state index contributed by atoms with van der Waals surface area (Å²) < 4.78 is 43.1. The topological polar surface area (TPSA) is 35.2 Å². The maximum atomic E-state index is 12.7. The Morgan fingerprint density at radius 2 is 2.00 bits per heavy atom. The molecular weight excluding hydrogens is 243 g/mol. The predicted molar refractivity (Wildman–Crippen MR) is 64.7 cm³/mol. The number of rotatable bonds is 5. The van der Waals surface area contributed by atoms with Crippen LogP contribution in [0.25, 0.3) is 0 Å². The number of nitrogens with two attached hydrogens (primary N) is 1. The number of halogens is 3. The Bertz CT molecular complexity index is 390. The minimum Gasteiger partial charge on any atom is -0.496 e. The zero-order valence-corrected chi connectivity index (χ0v) is 10.6. The summed E-state index contributed by atoms with van der Waals surface area (Å²) in [5, 5.41) is 0. The highest BCUT2D eigenvalue weighted by Gasteiger charge is 2.31. The molecule has 1 unspecified atom stereocenters. The predicted octanol–water partition coefficient (Wildman–Crippen LogP) is 3.56. The molecule has 0 aliphatic rings. The summed E-state index contributed by atoms with van der Waals surface area (Å²) >= 11 is 0. The van der Waals surface area contributed by atoms with Crippen LogP contribution in [0.4, 0.5) is 13.2 Å². The average molecular weight is 261 g/mol. The SMILES string of the molecule is COc1ccc(C(F)(F)F)cc1C(C)CCCN. The highest BCUT2D eigenvalue weighted by Crippen LogP contribution is 2.36. The lowest BCUT2D eigenvalue weighted by Gasteiger charge is -2.17. The molecule has 0 amide bonds. The van der Waals surface area contributed by atoms with Gasteiger partial charge in [-0.2, -0.15) is 13.2 Å². The van der Waals surface area contributed by atoms with Gasteiger partial charge in [0, 0.05) is 0 Å². The van der Waals surface area contributed by atoms with E-state index >= 15 is 0 Å². The fourth-order valence-electron chi connectivity index (χ4n) is 1.88. The van der Waals surface area contributed by atoms with Gasteiger partial charge in [0.2, 0.25) is 0 Å². The Morgan fingerprint density at radius 1 is 1.33 bits per heavy atom. The molecule has 0 saturated heterocycles. The number of benzene rings is 1. The Labute approximate surface area is 105 Å². The molecule has 1 rings (SSSR count). The van der Waals surface area contributed by atoms with E-state index in [9.17, 15) is 13.2 Å². The van der Waals surface area contributed by atoms with E-state index in [-0.39, 0.29) is 5.92 Å². The van der Waals surface area contributed by atoms with Crippen molar-refractivity contribution in [1.29, 1.82) is 0 Å². The fraction of sp³-hybridized carbons (Fsp3) is 0.538. The Hall–Kier alpha value is -1.23. The molecule has 18 heavy (non-hydrogen) atoms. The molecular formula is C13H18F3NO. The Kier molecular flexibility index (Phi) is 5.02. The molecule has 0 spiro atoms. The van der Waals surface area contributed by atoms with E-state index in [1.54, 1.807) is 0 Å². The first-order valence-electron chi connectivity index (χ1n) is 5.85. The first-order valence-corrected chi connectivity index (χ1v) is 5.85. The molecule has 0 radical (unpaired) electrons. The van der Waals surface area contributed by atoms with Crippen LogP contribution in [0.1, 0.15) is 36.8 Å². The highest BCUT2D eigenvalue weighted by atomic mass is 19.4. The molecule has 5 heteroatoms. The smallest absolute Gasteiger partial charge is 0.416 e. The van der Waals surface area contributed by atoms with E-state index in [1.165, 1.54) is 19.2 Å². The number of ether oxygens (including phenoxy) is 1. The van der Waals surface area contributed by atoms with Gasteiger partial charge in [-0.1, -0.05) is 6.92 Å². The van der Waals surface area contributed by atoms with Gasteiger partial charge in [-0.25, -0.2) is 0 Å². The van der Waals surface area contributed by atoms with Crippen LogP contribution < -0.4 is 10.5 Å². The summed E-state index contributed by atoms with van der Waals surface area (Å²) in [5.41, 5.74) is 5.36. The molecule has 1 aromatic carbocycles. The standard InChI is InChI=1S/C13H18F3NO/c1-9(4-3-7-17)11-8-10(13(14,15)16)5-6-12(11)18-2/h5-6,8-9H,3-4,7,17H2,1-2H3. The second kappa shape index (κ2) is 6.09. The third-order valence-corrected chi connectivity index (χ3v) is 2.93. The lowest BCUT2D eigenvalue weighted by molar-refractivity contribution is -0.137. The van der Waals surface area contributed by atoms with Crippen LogP contribution in [0.15, 0.2) is 18.2 Å². The minimum absolute atomic E-state index is 0.00852. The summed E-state index contributed by atoms with van der Waals surface area (Å²) in [7, 11) is 1.46. The van der Waals surface area contributed by atoms with Crippen LogP contribution in [0.3, 0.4) is 0 Å². The van der Waals surface area contributed by atoms with Crippen LogP contribution in [0.2, 0.25) is 0 Å². The highest BCUT2D eigenvalue weighted by molar-refractivity contribution is 5.40. The average Bonchev–Trinajstić information content (AvgIpc) is 2.34. The summed E-state index contributed by atoms with van der Waals surface area (Å²) in [5.74, 6) is 0.485. The quantitative estimate of drug-likeness (QED) is 0.879. The van der Waals surface area contributed by atoms with Gasteiger partial charge in [-0.3, -0.25) is 0 Å². The zero-order valence-electron chi connectivity index (χ0n) is 10.6. The van der Waals surface area contributed by atoms with E-state index in [0.29, 0.717) is 17.9 Å². The molecule has 0 fully saturated rings. The molecule has 0 heterocycles. The van der Waals surface area contributed by atoms with Crippen molar-refractivity contribution >= 4 is 0 Å². The number of methoxy groups -OCH3 is 1. The van der Waals surface area contributed by atoms with Gasteiger partial charge in [0.05, 0.1) is 12.7 Å². The summed E-state index contributed by atoms with van der Waals surface area (Å²) in [4.78, 5) is 0. The van der Waals surface area contributed by atoms with Gasteiger partial charge < -0.3 is 10.5 Å². The van der Waals surface area contributed by atoms with Crippen molar-refractivity contribution in [3.63, 3.8) is 0 Å². The van der Waals surface area contributed by atoms with Crippen molar-refractivity contribution in [2.45, 2.75) is 31.9 Å². The molecule has 0 bridgehead atoms. The van der Waals surface area contributed by atoms with Crippen molar-refractivity contribution in [3.05, 3.63) is 29.3 Å². The molecule has 2 N–H and O–H groups in total. The van der Waals surface area contributed by atoms with Gasteiger partial charge in [0.1, 0.15) is 5.75 Å². The minimum atomic E-state index is -4.32. The van der Waals surface area contributed by atoms with Crippen LogP contribution in [-0.2, 0) is 6.18 Å². The Morgan fingerprint density at radius 3 is 2.50 bits per heavy atom. The van der Waals surface area contributed by atoms with Crippen LogP contribution in [0.5, 0.6) is 5.75 Å². The first-order chi connectivity index (χ1) is 8.40. The van der Waals surface area contributed by atoms with Gasteiger partial charge in [0.25, 0.3) is 0 Å². The fourth-order valence-corrected chi connectivity index (χ4v) is 1.88. The third-order valence-electron chi connectivity index (χ3n) is 2.93. The van der Waals surface area contributed by atoms with E-state index in [1.807, 2.05) is 6.92 Å². The van der Waals surface area contributed by atoms with Gasteiger partial charge in [0.15, 0.2) is 0 Å². The van der Waals surface area contributed by atoms with Crippen molar-refractivity contribution in [2.75, 3.05) is 13.7 Å². The lowest BCUT2D eigenvalue weighted by Crippen LogP contribution is -2.08. The van der Waals surface area contributed by atoms with E-state index in [0.717, 1.165) is 18.9 Å². The monoisotopic (exact) mass is 261 g/mol. The normalized spacial score (nSPS) is 13.4. The summed E-state index contributed by atoms with van der Waals surface area (Å²) in [6.07, 6.45) is -2.80. The van der Waals surface area contributed by atoms with Crippen molar-refractivity contribution in [2.24, 2.45) is 5.73 Å². The largest absolute Gasteiger partial charge is 0.496 e. The number of alkyl halides is 3. The second-order valence-corrected chi connectivity index (χ2v) is 4.29. The van der Waals surface area contributed by atoms with Crippen molar-refractivity contribution in [1.82, 2.24) is 0 Å². The maximum absolute atomic E-state index is 12.7. The Balaban J connectivity index is 3.06. The van der Waals surface area contributed by atoms with Crippen molar-refractivity contribution < 1.29 is 17.9 Å². The zero-order chi connectivity index (χ0) is 13.8. The maximum Gasteiger partial charge on any atom is 0.416 e. The van der Waals surface area contributed by atoms with E-state index < -0.39 is 11.7 Å². The number of hydrogen-bond donors (Lipinski definition) is 1. The molecule has 2 nitrogen and oxygen atoms in total. The molecule has 1 aromatic rings. The second-order valence-electron chi connectivity index (χ2n) is 4.29. The van der Waals surface area contributed by atoms with Crippen LogP contribution in [-0.4, -0.2) is 13.7 Å². The summed E-state index contributed by atoms with van der Waals surface area (Å²) in [6.45, 7) is 2.42. The first kappa shape index (κ1) is 14.8. The molecule has 0 saturated carbocycles. The lowest BCUT2D eigenvalue weighted by atomic mass is 9.93. The number of hydrogen-bond acceptors (Lipinski definition) is 2. The molecule has 0 aliphatic heterocycles. The molecule has 1 atom stereocenters. The van der Waals surface area contributed by atoms with Gasteiger partial charge in [-0.05, 0) is 49.1 Å². The van der Waals surface area contributed by atoms with Gasteiger partial charge >= 0.3 is 6.18 Å². The van der Waals surface area contributed by atoms with E-state index in [4.69, 9.17) is 10.5 Å². The molecule has 102 valence electrons. The molecule has 0 aliphatic carbocycles. The molecule has 0 aromatic heterocycles. The van der Waals surface area contributed by atoms with E-state index in [2.05, 4.69) is 0 Å². The van der Waals surface area contributed by atoms with Crippen molar-refractivity contribution in [3.8, 4) is 5.75 Å². The summed E-state index contributed by atoms with van der Waals surface area (Å²) in [6, 6.07) is 3.58. The van der Waals surface area contributed by atoms with Gasteiger partial charge in [-0.15, -0.1) is 0 Å². The van der Waals surface area contributed by atoms with Crippen LogP contribution >= 0.6 is 0 Å². The van der Waals surface area contributed by atoms with Crippen LogP contribution in [0, 0.1) is 0 Å².